The van der Waals surface area contributed by atoms with Gasteiger partial charge in [-0.3, -0.25) is 4.79 Å². The van der Waals surface area contributed by atoms with Gasteiger partial charge in [-0.1, -0.05) is 13.8 Å². The summed E-state index contributed by atoms with van der Waals surface area (Å²) >= 11 is 0. The Labute approximate surface area is 77.8 Å². The summed E-state index contributed by atoms with van der Waals surface area (Å²) < 4.78 is 10.6. The van der Waals surface area contributed by atoms with Crippen LogP contribution in [0, 0.1) is 5.41 Å². The van der Waals surface area contributed by atoms with Gasteiger partial charge < -0.3 is 14.6 Å². The van der Waals surface area contributed by atoms with E-state index < -0.39 is 11.4 Å². The maximum absolute atomic E-state index is 10.9. The molecule has 0 atom stereocenters. The first-order chi connectivity index (χ1) is 6.14. The van der Waals surface area contributed by atoms with E-state index in [9.17, 15) is 4.79 Å². The number of carbonyl (C=O) groups is 1. The van der Waals surface area contributed by atoms with Gasteiger partial charge in [0.25, 0.3) is 0 Å². The second-order valence-corrected chi connectivity index (χ2v) is 3.40. The quantitative estimate of drug-likeness (QED) is 0.724. The van der Waals surface area contributed by atoms with Gasteiger partial charge in [0, 0.05) is 0 Å². The van der Waals surface area contributed by atoms with E-state index in [4.69, 9.17) is 14.6 Å². The predicted molar refractivity (Wildman–Crippen MR) is 46.3 cm³/mol. The topological polar surface area (TPSA) is 55.8 Å². The average Bonchev–Trinajstić information content (AvgIpc) is 2.17. The molecule has 0 bridgehead atoms. The number of carboxylic acids is 1. The molecule has 1 fully saturated rings. The first-order valence-corrected chi connectivity index (χ1v) is 4.61. The van der Waals surface area contributed by atoms with E-state index in [2.05, 4.69) is 0 Å². The fourth-order valence-electron chi connectivity index (χ4n) is 1.31. The fraction of sp³-hybridized carbons (Fsp3) is 0.889. The first-order valence-electron chi connectivity index (χ1n) is 4.61. The maximum Gasteiger partial charge on any atom is 0.314 e. The molecule has 1 N–H and O–H groups in total. The van der Waals surface area contributed by atoms with Crippen molar-refractivity contribution in [2.45, 2.75) is 33.0 Å². The van der Waals surface area contributed by atoms with E-state index in [1.165, 1.54) is 0 Å². The van der Waals surface area contributed by atoms with Crippen molar-refractivity contribution in [2.75, 3.05) is 13.2 Å². The lowest BCUT2D eigenvalue weighted by atomic mass is 9.86. The van der Waals surface area contributed by atoms with Crippen LogP contribution in [0.15, 0.2) is 0 Å². The number of aliphatic carboxylic acids is 1. The van der Waals surface area contributed by atoms with Gasteiger partial charge in [0.1, 0.15) is 5.41 Å². The molecular formula is C9H16O4. The molecule has 1 aliphatic heterocycles. The third-order valence-corrected chi connectivity index (χ3v) is 2.55. The van der Waals surface area contributed by atoms with Gasteiger partial charge in [0.15, 0.2) is 6.29 Å². The van der Waals surface area contributed by atoms with E-state index in [0.717, 1.165) is 6.42 Å². The van der Waals surface area contributed by atoms with Crippen molar-refractivity contribution >= 4 is 5.97 Å². The molecule has 0 unspecified atom stereocenters. The Morgan fingerprint density at radius 3 is 2.31 bits per heavy atom. The van der Waals surface area contributed by atoms with Crippen molar-refractivity contribution < 1.29 is 19.4 Å². The van der Waals surface area contributed by atoms with Crippen LogP contribution < -0.4 is 0 Å². The van der Waals surface area contributed by atoms with E-state index in [1.807, 2.05) is 13.8 Å². The molecule has 0 aromatic rings. The lowest BCUT2D eigenvalue weighted by Crippen LogP contribution is -2.46. The lowest BCUT2D eigenvalue weighted by Gasteiger charge is -2.35. The van der Waals surface area contributed by atoms with E-state index >= 15 is 0 Å². The van der Waals surface area contributed by atoms with Gasteiger partial charge >= 0.3 is 5.97 Å². The van der Waals surface area contributed by atoms with Gasteiger partial charge in [0.2, 0.25) is 0 Å². The number of ether oxygens (including phenoxy) is 2. The highest BCUT2D eigenvalue weighted by molar-refractivity contribution is 5.75. The van der Waals surface area contributed by atoms with E-state index in [1.54, 1.807) is 0 Å². The lowest BCUT2D eigenvalue weighted by molar-refractivity contribution is -0.234. The van der Waals surface area contributed by atoms with Crippen LogP contribution in [0.25, 0.3) is 0 Å². The molecule has 13 heavy (non-hydrogen) atoms. The Balaban J connectivity index is 2.58. The van der Waals surface area contributed by atoms with Crippen molar-refractivity contribution in [3.63, 3.8) is 0 Å². The monoisotopic (exact) mass is 188 g/mol. The highest BCUT2D eigenvalue weighted by Crippen LogP contribution is 2.29. The van der Waals surface area contributed by atoms with Crippen LogP contribution in [-0.4, -0.2) is 30.6 Å². The highest BCUT2D eigenvalue weighted by Gasteiger charge is 2.41. The molecule has 0 aliphatic carbocycles. The smallest absolute Gasteiger partial charge is 0.314 e. The minimum absolute atomic E-state index is 0.223. The zero-order valence-corrected chi connectivity index (χ0v) is 8.08. The molecule has 76 valence electrons. The SMILES string of the molecule is CCC1OCC(CC)(C(=O)O)CO1. The van der Waals surface area contributed by atoms with Gasteiger partial charge in [-0.05, 0) is 12.8 Å². The Hall–Kier alpha value is -0.610. The summed E-state index contributed by atoms with van der Waals surface area (Å²) in [5.41, 5.74) is -0.828. The molecular weight excluding hydrogens is 172 g/mol. The summed E-state index contributed by atoms with van der Waals surface area (Å²) in [5, 5.41) is 8.99. The highest BCUT2D eigenvalue weighted by atomic mass is 16.7. The van der Waals surface area contributed by atoms with Crippen molar-refractivity contribution in [3.8, 4) is 0 Å². The number of hydrogen-bond acceptors (Lipinski definition) is 3. The summed E-state index contributed by atoms with van der Waals surface area (Å²) in [7, 11) is 0. The molecule has 0 saturated carbocycles. The van der Waals surface area contributed by atoms with Crippen molar-refractivity contribution in [1.82, 2.24) is 0 Å². The van der Waals surface area contributed by atoms with Crippen LogP contribution in [0.5, 0.6) is 0 Å². The van der Waals surface area contributed by atoms with Crippen LogP contribution in [0.2, 0.25) is 0 Å². The van der Waals surface area contributed by atoms with Crippen LogP contribution in [0.4, 0.5) is 0 Å². The summed E-state index contributed by atoms with van der Waals surface area (Å²) in [5.74, 6) is -0.829. The second kappa shape index (κ2) is 4.07. The third-order valence-electron chi connectivity index (χ3n) is 2.55. The van der Waals surface area contributed by atoms with Crippen molar-refractivity contribution in [3.05, 3.63) is 0 Å². The number of carboxylic acid groups (broad SMARTS) is 1. The minimum atomic E-state index is -0.829. The fourth-order valence-corrected chi connectivity index (χ4v) is 1.31. The molecule has 1 rings (SSSR count). The van der Waals surface area contributed by atoms with Crippen molar-refractivity contribution in [2.24, 2.45) is 5.41 Å². The molecule has 1 aliphatic rings. The average molecular weight is 188 g/mol. The standard InChI is InChI=1S/C9H16O4/c1-3-7-12-5-9(4-2,6-13-7)8(10)11/h7H,3-6H2,1-2H3,(H,10,11). The van der Waals surface area contributed by atoms with Gasteiger partial charge in [-0.25, -0.2) is 0 Å². The molecule has 1 saturated heterocycles. The summed E-state index contributed by atoms with van der Waals surface area (Å²) in [6.45, 7) is 4.31. The molecule has 4 nitrogen and oxygen atoms in total. The Kier molecular flexibility index (Phi) is 3.27. The molecule has 0 aromatic carbocycles. The predicted octanol–water partition coefficient (Wildman–Crippen LogP) is 1.25. The maximum atomic E-state index is 10.9. The zero-order valence-electron chi connectivity index (χ0n) is 8.08. The van der Waals surface area contributed by atoms with E-state index in [0.29, 0.717) is 6.42 Å². The van der Waals surface area contributed by atoms with Crippen LogP contribution in [0.3, 0.4) is 0 Å². The minimum Gasteiger partial charge on any atom is -0.481 e. The molecule has 0 spiro atoms. The molecule has 4 heteroatoms. The Morgan fingerprint density at radius 2 is 2.00 bits per heavy atom. The summed E-state index contributed by atoms with van der Waals surface area (Å²) in [4.78, 5) is 10.9. The van der Waals surface area contributed by atoms with Crippen molar-refractivity contribution in [1.29, 1.82) is 0 Å². The summed E-state index contributed by atoms with van der Waals surface area (Å²) in [6, 6.07) is 0. The largest absolute Gasteiger partial charge is 0.481 e. The molecule has 0 aromatic heterocycles. The zero-order chi connectivity index (χ0) is 9.90. The number of hydrogen-bond donors (Lipinski definition) is 1. The summed E-state index contributed by atoms with van der Waals surface area (Å²) in [6.07, 6.45) is 1.08. The molecule has 1 heterocycles. The van der Waals surface area contributed by atoms with Crippen LogP contribution in [0.1, 0.15) is 26.7 Å². The second-order valence-electron chi connectivity index (χ2n) is 3.40. The Morgan fingerprint density at radius 1 is 1.46 bits per heavy atom. The Bertz CT molecular complexity index is 182. The van der Waals surface area contributed by atoms with Crippen LogP contribution >= 0.6 is 0 Å². The third kappa shape index (κ3) is 2.00. The first kappa shape index (κ1) is 10.5. The van der Waals surface area contributed by atoms with Gasteiger partial charge in [0.05, 0.1) is 13.2 Å². The number of rotatable bonds is 3. The molecule has 0 radical (unpaired) electrons. The normalized spacial score (nSPS) is 34.5. The van der Waals surface area contributed by atoms with Gasteiger partial charge in [-0.2, -0.15) is 0 Å². The molecule has 0 amide bonds. The van der Waals surface area contributed by atoms with Gasteiger partial charge in [-0.15, -0.1) is 0 Å². The van der Waals surface area contributed by atoms with Crippen LogP contribution in [-0.2, 0) is 14.3 Å². The van der Waals surface area contributed by atoms with E-state index in [-0.39, 0.29) is 19.5 Å².